The van der Waals surface area contributed by atoms with Crippen LogP contribution in [0.4, 0.5) is 0 Å². The molecule has 2 atom stereocenters. The number of nitrogens with two attached hydrogens (primary N) is 1. The van der Waals surface area contributed by atoms with Gasteiger partial charge < -0.3 is 24.8 Å². The van der Waals surface area contributed by atoms with Gasteiger partial charge in [0.05, 0.1) is 25.4 Å². The maximum Gasteiger partial charge on any atom is 0.328 e. The molecule has 2 aromatic heterocycles. The number of amides is 1. The second kappa shape index (κ2) is 9.93. The smallest absolute Gasteiger partial charge is 0.328 e. The van der Waals surface area contributed by atoms with Crippen LogP contribution in [-0.4, -0.2) is 50.9 Å². The molecule has 35 heavy (non-hydrogen) atoms. The van der Waals surface area contributed by atoms with Crippen LogP contribution in [0.1, 0.15) is 28.8 Å². The van der Waals surface area contributed by atoms with Crippen molar-refractivity contribution in [1.29, 1.82) is 0 Å². The number of esters is 1. The third kappa shape index (κ3) is 4.80. The van der Waals surface area contributed by atoms with Gasteiger partial charge in [-0.1, -0.05) is 60.3 Å². The largest absolute Gasteiger partial charge is 0.467 e. The lowest BCUT2D eigenvalue weighted by atomic mass is 9.96. The van der Waals surface area contributed by atoms with E-state index in [1.165, 1.54) is 7.11 Å². The molecule has 2 aromatic carbocycles. The second-order valence-corrected chi connectivity index (χ2v) is 9.31. The van der Waals surface area contributed by atoms with Crippen LogP contribution in [-0.2, 0) is 33.7 Å². The molecule has 0 aliphatic carbocycles. The molecule has 9 nitrogen and oxygen atoms in total. The summed E-state index contributed by atoms with van der Waals surface area (Å²) in [5.41, 5.74) is 10.2. The van der Waals surface area contributed by atoms with Crippen LogP contribution in [0.3, 0.4) is 0 Å². The Kier molecular flexibility index (Phi) is 6.56. The fourth-order valence-corrected chi connectivity index (χ4v) is 5.06. The number of methoxy groups -OCH3 is 1. The second-order valence-electron chi connectivity index (χ2n) is 8.38. The summed E-state index contributed by atoms with van der Waals surface area (Å²) < 4.78 is 10.7. The molecule has 0 spiro atoms. The van der Waals surface area contributed by atoms with E-state index >= 15 is 0 Å². The molecule has 1 aliphatic rings. The van der Waals surface area contributed by atoms with Crippen molar-refractivity contribution in [3.05, 3.63) is 77.3 Å². The van der Waals surface area contributed by atoms with Gasteiger partial charge in [-0.05, 0) is 23.6 Å². The molecule has 0 radical (unpaired) electrons. The Morgan fingerprint density at radius 2 is 1.97 bits per heavy atom. The Labute approximate surface area is 206 Å². The number of carbonyl (C=O) groups excluding carboxylic acids is 2. The van der Waals surface area contributed by atoms with Gasteiger partial charge in [-0.25, -0.2) is 4.79 Å². The number of fused-ring (bicyclic) bond motifs is 3. The predicted molar refractivity (Wildman–Crippen MR) is 130 cm³/mol. The fraction of sp³-hybridized carbons (Fsp3) is 0.280. The highest BCUT2D eigenvalue weighted by Crippen LogP contribution is 2.31. The van der Waals surface area contributed by atoms with Gasteiger partial charge in [0.15, 0.2) is 0 Å². The number of H-pyrrole nitrogens is 1. The Morgan fingerprint density at radius 1 is 1.20 bits per heavy atom. The number of rotatable bonds is 7. The molecule has 0 bridgehead atoms. The van der Waals surface area contributed by atoms with Gasteiger partial charge in [-0.15, -0.1) is 10.2 Å². The summed E-state index contributed by atoms with van der Waals surface area (Å²) in [4.78, 5) is 30.7. The van der Waals surface area contributed by atoms with E-state index in [-0.39, 0.29) is 16.9 Å². The lowest BCUT2D eigenvalue weighted by Gasteiger charge is -2.33. The van der Waals surface area contributed by atoms with Crippen molar-refractivity contribution in [2.45, 2.75) is 36.7 Å². The average Bonchev–Trinajstić information content (AvgIpc) is 3.51. The lowest BCUT2D eigenvalue weighted by Crippen LogP contribution is -2.49. The topological polar surface area (TPSA) is 127 Å². The van der Waals surface area contributed by atoms with E-state index in [2.05, 4.69) is 15.2 Å². The minimum atomic E-state index is -0.697. The van der Waals surface area contributed by atoms with Gasteiger partial charge in [0.25, 0.3) is 5.22 Å². The first-order chi connectivity index (χ1) is 17.0. The Bertz CT molecular complexity index is 1350. The number of aromatic amines is 1. The number of hydrogen-bond acceptors (Lipinski definition) is 8. The summed E-state index contributed by atoms with van der Waals surface area (Å²) in [5.74, 6) is -0.301. The molecule has 4 aromatic rings. The van der Waals surface area contributed by atoms with Crippen LogP contribution in [0, 0.1) is 0 Å². The van der Waals surface area contributed by atoms with Crippen LogP contribution in [0.15, 0.2) is 64.2 Å². The average molecular weight is 492 g/mol. The molecule has 0 fully saturated rings. The third-order valence-corrected chi connectivity index (χ3v) is 6.96. The van der Waals surface area contributed by atoms with E-state index in [9.17, 15) is 9.59 Å². The zero-order chi connectivity index (χ0) is 24.4. The summed E-state index contributed by atoms with van der Waals surface area (Å²) in [5, 5.41) is 9.39. The summed E-state index contributed by atoms with van der Waals surface area (Å²) in [6.07, 6.45) is 0.953. The maximum atomic E-state index is 13.2. The van der Waals surface area contributed by atoms with Crippen molar-refractivity contribution in [2.75, 3.05) is 12.9 Å². The minimum absolute atomic E-state index is 0.0403. The molecule has 0 saturated carbocycles. The van der Waals surface area contributed by atoms with Gasteiger partial charge in [-0.2, -0.15) is 0 Å². The number of benzene rings is 2. The number of ether oxygens (including phenoxy) is 1. The van der Waals surface area contributed by atoms with Crippen molar-refractivity contribution in [1.82, 2.24) is 20.1 Å². The predicted octanol–water partition coefficient (Wildman–Crippen LogP) is 3.01. The molecule has 3 heterocycles. The van der Waals surface area contributed by atoms with Crippen LogP contribution >= 0.6 is 11.8 Å². The zero-order valence-corrected chi connectivity index (χ0v) is 20.0. The van der Waals surface area contributed by atoms with Gasteiger partial charge in [0.2, 0.25) is 11.8 Å². The molecule has 180 valence electrons. The first-order valence-corrected chi connectivity index (χ1v) is 12.2. The number of carbonyl (C=O) groups is 2. The van der Waals surface area contributed by atoms with E-state index in [0.717, 1.165) is 39.5 Å². The highest BCUT2D eigenvalue weighted by atomic mass is 32.2. The lowest BCUT2D eigenvalue weighted by molar-refractivity contribution is -0.153. The molecule has 3 N–H and O–H groups in total. The molecule has 5 rings (SSSR count). The number of nitrogens with zero attached hydrogens (tertiary/aromatic N) is 3. The monoisotopic (exact) mass is 491 g/mol. The van der Waals surface area contributed by atoms with Crippen LogP contribution in [0.2, 0.25) is 0 Å². The standard InChI is InChI=1S/C25H25N5O4S/c1-33-24(32)21-12-17-16-9-5-6-10-19(16)27-20(17)13-30(21)22(31)14-35-25-29-28-23(34-25)18(26)11-15-7-3-2-4-8-15/h2-10,18,21,27H,11-14,26H2,1H3. The van der Waals surface area contributed by atoms with Crippen LogP contribution in [0.5, 0.6) is 0 Å². The normalized spacial score (nSPS) is 16.2. The molecule has 0 saturated heterocycles. The number of aromatic nitrogens is 3. The van der Waals surface area contributed by atoms with E-state index in [1.807, 2.05) is 54.6 Å². The fourth-order valence-electron chi connectivity index (χ4n) is 4.41. The van der Waals surface area contributed by atoms with Crippen molar-refractivity contribution in [3.63, 3.8) is 0 Å². The highest BCUT2D eigenvalue weighted by molar-refractivity contribution is 7.99. The molecule has 2 unspecified atom stereocenters. The highest BCUT2D eigenvalue weighted by Gasteiger charge is 2.37. The first kappa shape index (κ1) is 23.1. The van der Waals surface area contributed by atoms with Crippen molar-refractivity contribution < 1.29 is 18.7 Å². The van der Waals surface area contributed by atoms with Gasteiger partial charge in [0, 0.05) is 23.0 Å². The van der Waals surface area contributed by atoms with Gasteiger partial charge in [-0.3, -0.25) is 4.79 Å². The Morgan fingerprint density at radius 3 is 2.77 bits per heavy atom. The van der Waals surface area contributed by atoms with Crippen LogP contribution < -0.4 is 5.73 Å². The third-order valence-electron chi connectivity index (χ3n) is 6.15. The zero-order valence-electron chi connectivity index (χ0n) is 19.1. The summed E-state index contributed by atoms with van der Waals surface area (Å²) in [7, 11) is 1.34. The summed E-state index contributed by atoms with van der Waals surface area (Å²) >= 11 is 1.13. The minimum Gasteiger partial charge on any atom is -0.467 e. The molecule has 10 heteroatoms. The van der Waals surface area contributed by atoms with Gasteiger partial charge in [0.1, 0.15) is 6.04 Å². The number of hydrogen-bond donors (Lipinski definition) is 2. The number of nitrogens with one attached hydrogen (secondary N) is 1. The Hall–Kier alpha value is -3.63. The first-order valence-electron chi connectivity index (χ1n) is 11.2. The van der Waals surface area contributed by atoms with E-state index in [4.69, 9.17) is 14.9 Å². The maximum absolute atomic E-state index is 13.2. The number of para-hydroxylation sites is 1. The molecule has 1 aliphatic heterocycles. The quantitative estimate of drug-likeness (QED) is 0.298. The van der Waals surface area contributed by atoms with E-state index < -0.39 is 18.1 Å². The molecular weight excluding hydrogens is 466 g/mol. The van der Waals surface area contributed by atoms with Crippen molar-refractivity contribution in [3.8, 4) is 0 Å². The van der Waals surface area contributed by atoms with Crippen LogP contribution in [0.25, 0.3) is 10.9 Å². The Balaban J connectivity index is 1.27. The summed E-state index contributed by atoms with van der Waals surface area (Å²) in [6.45, 7) is 0.292. The molecular formula is C25H25N5O4S. The molecule has 1 amide bonds. The van der Waals surface area contributed by atoms with Crippen molar-refractivity contribution in [2.24, 2.45) is 5.73 Å². The number of thioether (sulfide) groups is 1. The van der Waals surface area contributed by atoms with Gasteiger partial charge >= 0.3 is 5.97 Å². The van der Waals surface area contributed by atoms with E-state index in [1.54, 1.807) is 4.90 Å². The van der Waals surface area contributed by atoms with Crippen molar-refractivity contribution >= 4 is 34.5 Å². The SMILES string of the molecule is COC(=O)C1Cc2c([nH]c3ccccc23)CN1C(=O)CSc1nnc(C(N)Cc2ccccc2)o1. The van der Waals surface area contributed by atoms with E-state index in [0.29, 0.717) is 25.3 Å². The summed E-state index contributed by atoms with van der Waals surface area (Å²) in [6, 6.07) is 16.6.